The molecule has 2 heterocycles. The highest BCUT2D eigenvalue weighted by Crippen LogP contribution is 2.32. The van der Waals surface area contributed by atoms with Crippen LogP contribution in [-0.4, -0.2) is 66.3 Å². The number of nitro groups is 1. The van der Waals surface area contributed by atoms with Crippen LogP contribution in [0.3, 0.4) is 0 Å². The molecule has 1 amide bonds. The lowest BCUT2D eigenvalue weighted by Gasteiger charge is -2.25. The third kappa shape index (κ3) is 5.23. The molecule has 1 aliphatic rings. The Labute approximate surface area is 185 Å². The Morgan fingerprint density at radius 1 is 1.34 bits per heavy atom. The Balaban J connectivity index is 1.94. The first-order chi connectivity index (χ1) is 15.1. The molecule has 1 atom stereocenters. The van der Waals surface area contributed by atoms with Crippen molar-refractivity contribution in [3.8, 4) is 11.6 Å². The number of carbonyl (C=O) groups is 1. The van der Waals surface area contributed by atoms with E-state index in [1.54, 1.807) is 25.8 Å². The van der Waals surface area contributed by atoms with Crippen molar-refractivity contribution in [2.75, 3.05) is 26.3 Å². The number of carbonyl (C=O) groups excluding carboxylic acids is 1. The minimum Gasteiger partial charge on any atom is -0.438 e. The molecule has 1 N–H and O–H groups in total. The number of benzene rings is 1. The van der Waals surface area contributed by atoms with E-state index in [1.807, 2.05) is 0 Å². The number of nitro benzene ring substituents is 1. The van der Waals surface area contributed by atoms with Gasteiger partial charge in [-0.1, -0.05) is 6.92 Å². The molecule has 174 valence electrons. The second-order valence-corrected chi connectivity index (χ2v) is 9.00. The quantitative estimate of drug-likeness (QED) is 0.456. The van der Waals surface area contributed by atoms with Crippen LogP contribution in [0.15, 0.2) is 29.2 Å². The van der Waals surface area contributed by atoms with Gasteiger partial charge in [-0.3, -0.25) is 14.9 Å². The maximum Gasteiger partial charge on any atom is 0.274 e. The lowest BCUT2D eigenvalue weighted by Crippen LogP contribution is -2.40. The van der Waals surface area contributed by atoms with Gasteiger partial charge < -0.3 is 14.4 Å². The monoisotopic (exact) mass is 467 g/mol. The molecule has 2 aromatic rings. The van der Waals surface area contributed by atoms with Gasteiger partial charge in [0.15, 0.2) is 5.69 Å². The number of non-ortho nitro benzene ring substituents is 1. The Morgan fingerprint density at radius 2 is 2.03 bits per heavy atom. The van der Waals surface area contributed by atoms with Gasteiger partial charge in [0.1, 0.15) is 10.6 Å². The number of hydrogen-bond acceptors (Lipinski definition) is 8. The number of amides is 1. The van der Waals surface area contributed by atoms with E-state index in [4.69, 9.17) is 9.47 Å². The van der Waals surface area contributed by atoms with Crippen LogP contribution in [0.1, 0.15) is 30.8 Å². The maximum absolute atomic E-state index is 12.9. The predicted molar refractivity (Wildman–Crippen MR) is 113 cm³/mol. The van der Waals surface area contributed by atoms with Gasteiger partial charge >= 0.3 is 0 Å². The number of nitrogens with zero attached hydrogens (tertiary/aromatic N) is 4. The van der Waals surface area contributed by atoms with Crippen LogP contribution < -0.4 is 9.46 Å². The van der Waals surface area contributed by atoms with Crippen LogP contribution in [0.2, 0.25) is 0 Å². The van der Waals surface area contributed by atoms with Crippen molar-refractivity contribution < 1.29 is 27.6 Å². The molecule has 13 heteroatoms. The summed E-state index contributed by atoms with van der Waals surface area (Å²) in [6.45, 7) is 5.25. The second-order valence-electron chi connectivity index (χ2n) is 7.32. The fraction of sp³-hybridized carbons (Fsp3) is 0.474. The number of sulfonamides is 1. The lowest BCUT2D eigenvalue weighted by molar-refractivity contribution is -0.385. The fourth-order valence-electron chi connectivity index (χ4n) is 3.01. The molecular formula is C19H25N5O7S. The summed E-state index contributed by atoms with van der Waals surface area (Å²) in [7, 11) is -2.57. The minimum atomic E-state index is -4.12. The molecule has 0 aliphatic carbocycles. The summed E-state index contributed by atoms with van der Waals surface area (Å²) < 4.78 is 40.5. The summed E-state index contributed by atoms with van der Waals surface area (Å²) in [5.41, 5.74) is -0.261. The van der Waals surface area contributed by atoms with Crippen molar-refractivity contribution in [1.29, 1.82) is 0 Å². The van der Waals surface area contributed by atoms with E-state index in [-0.39, 0.29) is 34.2 Å². The van der Waals surface area contributed by atoms with Crippen molar-refractivity contribution in [1.82, 2.24) is 19.4 Å². The second kappa shape index (κ2) is 9.63. The highest BCUT2D eigenvalue weighted by molar-refractivity contribution is 7.89. The van der Waals surface area contributed by atoms with E-state index in [0.29, 0.717) is 32.7 Å². The number of hydrogen-bond donors (Lipinski definition) is 1. The summed E-state index contributed by atoms with van der Waals surface area (Å²) in [6, 6.07) is 4.31. The highest BCUT2D eigenvalue weighted by atomic mass is 32.2. The summed E-state index contributed by atoms with van der Waals surface area (Å²) in [5.74, 6) is -0.316. The molecule has 0 unspecified atom stereocenters. The maximum atomic E-state index is 12.9. The van der Waals surface area contributed by atoms with E-state index < -0.39 is 20.6 Å². The van der Waals surface area contributed by atoms with Crippen molar-refractivity contribution in [2.45, 2.75) is 31.2 Å². The van der Waals surface area contributed by atoms with E-state index in [9.17, 15) is 23.3 Å². The average molecular weight is 468 g/mol. The summed E-state index contributed by atoms with van der Waals surface area (Å²) in [5, 5.41) is 15.4. The summed E-state index contributed by atoms with van der Waals surface area (Å²) in [4.78, 5) is 24.4. The standard InChI is InChI=1S/C19H25N5O7S/c1-4-13(2)21-32(28,29)17-11-14(24(26)27)5-6-16(17)31-18-12-15(20-22(18)3)19(25)23-7-9-30-10-8-23/h5-6,11-13,21H,4,7-10H2,1-3H3/t13-/m0/s1. The first-order valence-electron chi connectivity index (χ1n) is 10.0. The zero-order valence-corrected chi connectivity index (χ0v) is 18.8. The number of rotatable bonds is 8. The molecule has 0 radical (unpaired) electrons. The fourth-order valence-corrected chi connectivity index (χ4v) is 4.48. The van der Waals surface area contributed by atoms with E-state index in [1.165, 1.54) is 16.8 Å². The topological polar surface area (TPSA) is 146 Å². The first kappa shape index (κ1) is 23.6. The van der Waals surface area contributed by atoms with Crippen LogP contribution >= 0.6 is 0 Å². The number of aromatic nitrogens is 2. The normalized spacial score (nSPS) is 15.4. The molecular weight excluding hydrogens is 442 g/mol. The number of ether oxygens (including phenoxy) is 2. The van der Waals surface area contributed by atoms with Gasteiger partial charge in [-0.2, -0.15) is 5.10 Å². The van der Waals surface area contributed by atoms with Crippen molar-refractivity contribution >= 4 is 21.6 Å². The van der Waals surface area contributed by atoms with Gasteiger partial charge in [-0.15, -0.1) is 0 Å². The minimum absolute atomic E-state index is 0.107. The van der Waals surface area contributed by atoms with Crippen molar-refractivity contribution in [3.63, 3.8) is 0 Å². The third-order valence-corrected chi connectivity index (χ3v) is 6.58. The molecule has 12 nitrogen and oxygen atoms in total. The number of morpholine rings is 1. The van der Waals surface area contributed by atoms with E-state index in [2.05, 4.69) is 9.82 Å². The number of nitrogens with one attached hydrogen (secondary N) is 1. The molecule has 3 rings (SSSR count). The van der Waals surface area contributed by atoms with Gasteiger partial charge in [0.05, 0.1) is 18.1 Å². The van der Waals surface area contributed by atoms with E-state index >= 15 is 0 Å². The van der Waals surface area contributed by atoms with E-state index in [0.717, 1.165) is 12.1 Å². The van der Waals surface area contributed by atoms with Crippen molar-refractivity contribution in [3.05, 3.63) is 40.1 Å². The Hall–Kier alpha value is -3.03. The van der Waals surface area contributed by atoms with Gasteiger partial charge in [0.2, 0.25) is 15.9 Å². The molecule has 1 aromatic carbocycles. The Morgan fingerprint density at radius 3 is 2.66 bits per heavy atom. The van der Waals surface area contributed by atoms with Crippen molar-refractivity contribution in [2.24, 2.45) is 7.05 Å². The van der Waals surface area contributed by atoms with Crippen LogP contribution in [0, 0.1) is 10.1 Å². The van der Waals surface area contributed by atoms with Gasteiger partial charge in [0.25, 0.3) is 11.6 Å². The van der Waals surface area contributed by atoms with Crippen LogP contribution in [0.4, 0.5) is 5.69 Å². The first-order valence-corrected chi connectivity index (χ1v) is 11.5. The molecule has 1 aliphatic heterocycles. The Kier molecular flexibility index (Phi) is 7.11. The van der Waals surface area contributed by atoms with Gasteiger partial charge in [0, 0.05) is 44.4 Å². The summed E-state index contributed by atoms with van der Waals surface area (Å²) >= 11 is 0. The third-order valence-electron chi connectivity index (χ3n) is 4.97. The zero-order valence-electron chi connectivity index (χ0n) is 18.0. The zero-order chi connectivity index (χ0) is 23.5. The largest absolute Gasteiger partial charge is 0.438 e. The van der Waals surface area contributed by atoms with Crippen LogP contribution in [0.5, 0.6) is 11.6 Å². The van der Waals surface area contributed by atoms with Crippen LogP contribution in [0.25, 0.3) is 0 Å². The molecule has 1 fully saturated rings. The lowest BCUT2D eigenvalue weighted by atomic mass is 10.3. The Bertz CT molecular complexity index is 1110. The molecule has 32 heavy (non-hydrogen) atoms. The van der Waals surface area contributed by atoms with Gasteiger partial charge in [-0.05, 0) is 19.4 Å². The molecule has 1 saturated heterocycles. The predicted octanol–water partition coefficient (Wildman–Crippen LogP) is 1.67. The SMILES string of the molecule is CC[C@H](C)NS(=O)(=O)c1cc([N+](=O)[O-])ccc1Oc1cc(C(=O)N2CCOCC2)nn1C. The van der Waals surface area contributed by atoms with Gasteiger partial charge in [-0.25, -0.2) is 17.8 Å². The highest BCUT2D eigenvalue weighted by Gasteiger charge is 2.27. The molecule has 0 saturated carbocycles. The molecule has 1 aromatic heterocycles. The smallest absolute Gasteiger partial charge is 0.274 e. The molecule has 0 bridgehead atoms. The van der Waals surface area contributed by atoms with Crippen LogP contribution in [-0.2, 0) is 21.8 Å². The molecule has 0 spiro atoms. The summed E-state index contributed by atoms with van der Waals surface area (Å²) in [6.07, 6.45) is 0.527. The average Bonchev–Trinajstić information content (AvgIpc) is 3.13. The number of aryl methyl sites for hydroxylation is 1.